The van der Waals surface area contributed by atoms with Crippen molar-refractivity contribution >= 4 is 15.9 Å². The van der Waals surface area contributed by atoms with Crippen LogP contribution < -0.4 is 4.74 Å². The number of carbonyl (C=O) groups excluding carboxylic acids is 1. The lowest BCUT2D eigenvalue weighted by atomic mass is 10.1. The zero-order chi connectivity index (χ0) is 21.4. The summed E-state index contributed by atoms with van der Waals surface area (Å²) in [5.74, 6) is 0.164. The molecular formula is C22H36N2O4S. The SMILES string of the molecule is CCCCN(C(=O)c1ccc(OC)c(S(=O)(=O)N2CCCCCC2)c1)C(C)CC. The first-order valence-electron chi connectivity index (χ1n) is 10.9. The van der Waals surface area contributed by atoms with E-state index >= 15 is 0 Å². The van der Waals surface area contributed by atoms with E-state index in [1.54, 1.807) is 12.1 Å². The van der Waals surface area contributed by atoms with Crippen LogP contribution >= 0.6 is 0 Å². The van der Waals surface area contributed by atoms with Gasteiger partial charge in [-0.25, -0.2) is 8.42 Å². The van der Waals surface area contributed by atoms with Gasteiger partial charge in [-0.2, -0.15) is 4.31 Å². The molecule has 1 aliphatic rings. The van der Waals surface area contributed by atoms with Crippen LogP contribution in [0.4, 0.5) is 0 Å². The fourth-order valence-corrected chi connectivity index (χ4v) is 5.37. The molecule has 1 aromatic rings. The number of sulfonamides is 1. The molecule has 1 aliphatic heterocycles. The molecule has 7 heteroatoms. The molecule has 29 heavy (non-hydrogen) atoms. The molecule has 0 saturated carbocycles. The molecule has 2 rings (SSSR count). The number of hydrogen-bond acceptors (Lipinski definition) is 4. The molecule has 1 unspecified atom stereocenters. The van der Waals surface area contributed by atoms with Crippen LogP contribution in [0.5, 0.6) is 5.75 Å². The predicted octanol–water partition coefficient (Wildman–Crippen LogP) is 4.30. The highest BCUT2D eigenvalue weighted by Crippen LogP contribution is 2.30. The zero-order valence-electron chi connectivity index (χ0n) is 18.3. The molecule has 1 heterocycles. The smallest absolute Gasteiger partial charge is 0.254 e. The van der Waals surface area contributed by atoms with Gasteiger partial charge in [-0.1, -0.05) is 33.1 Å². The average Bonchev–Trinajstić information content (AvgIpc) is 3.03. The Balaban J connectivity index is 2.41. The average molecular weight is 425 g/mol. The molecule has 0 aromatic heterocycles. The van der Waals surface area contributed by atoms with E-state index in [0.717, 1.165) is 44.9 Å². The van der Waals surface area contributed by atoms with Crippen LogP contribution in [-0.4, -0.2) is 56.3 Å². The Hall–Kier alpha value is -1.60. The normalized spacial score (nSPS) is 16.8. The number of methoxy groups -OCH3 is 1. The maximum atomic E-state index is 13.3. The Morgan fingerprint density at radius 2 is 1.83 bits per heavy atom. The van der Waals surface area contributed by atoms with Gasteiger partial charge in [0.15, 0.2) is 0 Å². The van der Waals surface area contributed by atoms with Crippen molar-refractivity contribution in [3.05, 3.63) is 23.8 Å². The topological polar surface area (TPSA) is 66.9 Å². The van der Waals surface area contributed by atoms with Crippen LogP contribution in [0.25, 0.3) is 0 Å². The highest BCUT2D eigenvalue weighted by atomic mass is 32.2. The molecule has 6 nitrogen and oxygen atoms in total. The van der Waals surface area contributed by atoms with Gasteiger partial charge in [0.25, 0.3) is 5.91 Å². The van der Waals surface area contributed by atoms with E-state index in [1.165, 1.54) is 17.5 Å². The summed E-state index contributed by atoms with van der Waals surface area (Å²) in [5.41, 5.74) is 0.399. The van der Waals surface area contributed by atoms with Crippen molar-refractivity contribution < 1.29 is 17.9 Å². The highest BCUT2D eigenvalue weighted by molar-refractivity contribution is 7.89. The molecule has 1 fully saturated rings. The van der Waals surface area contributed by atoms with E-state index in [4.69, 9.17) is 4.74 Å². The summed E-state index contributed by atoms with van der Waals surface area (Å²) in [6, 6.07) is 4.88. The van der Waals surface area contributed by atoms with E-state index in [9.17, 15) is 13.2 Å². The van der Waals surface area contributed by atoms with Crippen molar-refractivity contribution in [2.75, 3.05) is 26.7 Å². The van der Waals surface area contributed by atoms with Crippen LogP contribution in [0, 0.1) is 0 Å². The zero-order valence-corrected chi connectivity index (χ0v) is 19.1. The second-order valence-electron chi connectivity index (χ2n) is 7.79. The van der Waals surface area contributed by atoms with Gasteiger partial charge in [-0.3, -0.25) is 4.79 Å². The van der Waals surface area contributed by atoms with Crippen molar-refractivity contribution in [1.82, 2.24) is 9.21 Å². The van der Waals surface area contributed by atoms with Crippen molar-refractivity contribution in [2.24, 2.45) is 0 Å². The third kappa shape index (κ3) is 5.72. The largest absolute Gasteiger partial charge is 0.495 e. The minimum absolute atomic E-state index is 0.0901. The lowest BCUT2D eigenvalue weighted by Gasteiger charge is -2.29. The Morgan fingerprint density at radius 1 is 1.17 bits per heavy atom. The van der Waals surface area contributed by atoms with Crippen LogP contribution in [0.2, 0.25) is 0 Å². The minimum atomic E-state index is -3.72. The summed E-state index contributed by atoms with van der Waals surface area (Å²) in [6.45, 7) is 7.88. The number of nitrogens with zero attached hydrogens (tertiary/aromatic N) is 2. The fourth-order valence-electron chi connectivity index (χ4n) is 3.67. The molecule has 0 N–H and O–H groups in total. The second kappa shape index (κ2) is 11.0. The molecule has 0 radical (unpaired) electrons. The Labute approximate surface area is 176 Å². The van der Waals surface area contributed by atoms with E-state index in [2.05, 4.69) is 13.8 Å². The molecule has 1 saturated heterocycles. The Kier molecular flexibility index (Phi) is 8.96. The van der Waals surface area contributed by atoms with Crippen LogP contribution in [0.1, 0.15) is 76.1 Å². The lowest BCUT2D eigenvalue weighted by molar-refractivity contribution is 0.0685. The minimum Gasteiger partial charge on any atom is -0.495 e. The molecule has 1 aromatic carbocycles. The van der Waals surface area contributed by atoms with Gasteiger partial charge in [0.2, 0.25) is 10.0 Å². The van der Waals surface area contributed by atoms with Gasteiger partial charge < -0.3 is 9.64 Å². The van der Waals surface area contributed by atoms with Crippen LogP contribution in [0.3, 0.4) is 0 Å². The van der Waals surface area contributed by atoms with Crippen molar-refractivity contribution in [3.8, 4) is 5.75 Å². The number of benzene rings is 1. The van der Waals surface area contributed by atoms with E-state index < -0.39 is 10.0 Å². The number of unbranched alkanes of at least 4 members (excludes halogenated alkanes) is 1. The maximum Gasteiger partial charge on any atom is 0.254 e. The van der Waals surface area contributed by atoms with Gasteiger partial charge in [0, 0.05) is 31.2 Å². The number of ether oxygens (including phenoxy) is 1. The first kappa shape index (κ1) is 23.7. The fraction of sp³-hybridized carbons (Fsp3) is 0.682. The predicted molar refractivity (Wildman–Crippen MR) is 116 cm³/mol. The first-order chi connectivity index (χ1) is 13.9. The van der Waals surface area contributed by atoms with E-state index in [-0.39, 0.29) is 22.6 Å². The summed E-state index contributed by atoms with van der Waals surface area (Å²) in [7, 11) is -2.25. The molecule has 0 bridgehead atoms. The molecule has 1 amide bonds. The quantitative estimate of drug-likeness (QED) is 0.593. The van der Waals surface area contributed by atoms with Crippen LogP contribution in [0.15, 0.2) is 23.1 Å². The molecule has 0 spiro atoms. The monoisotopic (exact) mass is 424 g/mol. The van der Waals surface area contributed by atoms with E-state index in [0.29, 0.717) is 25.2 Å². The van der Waals surface area contributed by atoms with Gasteiger partial charge in [0.1, 0.15) is 10.6 Å². The number of rotatable bonds is 9. The molecule has 0 aliphatic carbocycles. The van der Waals surface area contributed by atoms with Gasteiger partial charge in [0.05, 0.1) is 7.11 Å². The Bertz CT molecular complexity index is 771. The third-order valence-electron chi connectivity index (χ3n) is 5.73. The van der Waals surface area contributed by atoms with Gasteiger partial charge in [-0.05, 0) is 50.8 Å². The second-order valence-corrected chi connectivity index (χ2v) is 9.70. The number of carbonyl (C=O) groups is 1. The van der Waals surface area contributed by atoms with Crippen molar-refractivity contribution in [1.29, 1.82) is 0 Å². The summed E-state index contributed by atoms with van der Waals surface area (Å²) in [6.07, 6.45) is 6.58. The highest BCUT2D eigenvalue weighted by Gasteiger charge is 2.30. The number of hydrogen-bond donors (Lipinski definition) is 0. The molecular weight excluding hydrogens is 388 g/mol. The first-order valence-corrected chi connectivity index (χ1v) is 12.3. The standard InChI is InChI=1S/C22H36N2O4S/c1-5-7-16-24(18(3)6-2)22(25)19-12-13-20(28-4)21(17-19)29(26,27)23-14-10-8-9-11-15-23/h12-13,17-18H,5-11,14-16H2,1-4H3. The summed E-state index contributed by atoms with van der Waals surface area (Å²) in [4.78, 5) is 15.2. The molecule has 1 atom stereocenters. The Morgan fingerprint density at radius 3 is 2.38 bits per heavy atom. The molecule has 164 valence electrons. The van der Waals surface area contributed by atoms with E-state index in [1.807, 2.05) is 11.8 Å². The summed E-state index contributed by atoms with van der Waals surface area (Å²) >= 11 is 0. The van der Waals surface area contributed by atoms with Gasteiger partial charge >= 0.3 is 0 Å². The van der Waals surface area contributed by atoms with Crippen LogP contribution in [-0.2, 0) is 10.0 Å². The third-order valence-corrected chi connectivity index (χ3v) is 7.65. The lowest BCUT2D eigenvalue weighted by Crippen LogP contribution is -2.39. The van der Waals surface area contributed by atoms with Crippen molar-refractivity contribution in [2.45, 2.75) is 76.7 Å². The summed E-state index contributed by atoms with van der Waals surface area (Å²) < 4.78 is 33.6. The van der Waals surface area contributed by atoms with Crippen molar-refractivity contribution in [3.63, 3.8) is 0 Å². The number of amides is 1. The van der Waals surface area contributed by atoms with Gasteiger partial charge in [-0.15, -0.1) is 0 Å². The maximum absolute atomic E-state index is 13.3. The summed E-state index contributed by atoms with van der Waals surface area (Å²) in [5, 5.41) is 0.